The molecule has 176 valence electrons. The van der Waals surface area contributed by atoms with Gasteiger partial charge >= 0.3 is 0 Å². The van der Waals surface area contributed by atoms with Crippen molar-refractivity contribution < 1.29 is 9.47 Å². The van der Waals surface area contributed by atoms with Crippen LogP contribution in [0.25, 0.3) is 0 Å². The molecule has 0 aromatic heterocycles. The molecule has 29 heavy (non-hydrogen) atoms. The molecule has 0 aliphatic carbocycles. The van der Waals surface area contributed by atoms with Gasteiger partial charge in [0, 0.05) is 26.4 Å². The Balaban J connectivity index is 2.97. The second-order valence-corrected chi connectivity index (χ2v) is 8.94. The lowest BCUT2D eigenvalue weighted by Crippen LogP contribution is -1.97. The molecule has 0 rings (SSSR count). The third-order valence-electron chi connectivity index (χ3n) is 5.86. The van der Waals surface area contributed by atoms with E-state index in [9.17, 15) is 0 Å². The van der Waals surface area contributed by atoms with Crippen LogP contribution in [0, 0.1) is 0 Å². The van der Waals surface area contributed by atoms with Gasteiger partial charge in [0.2, 0.25) is 0 Å². The molecule has 0 amide bonds. The Morgan fingerprint density at radius 2 is 0.483 bits per heavy atom. The van der Waals surface area contributed by atoms with Crippen LogP contribution >= 0.6 is 0 Å². The first kappa shape index (κ1) is 28.9. The predicted molar refractivity (Wildman–Crippen MR) is 130 cm³/mol. The van der Waals surface area contributed by atoms with Gasteiger partial charge in [0.05, 0.1) is 0 Å². The van der Waals surface area contributed by atoms with E-state index in [1.807, 2.05) is 0 Å². The van der Waals surface area contributed by atoms with E-state index in [2.05, 4.69) is 13.8 Å². The van der Waals surface area contributed by atoms with Crippen molar-refractivity contribution in [3.05, 3.63) is 0 Å². The number of unbranched alkanes of at least 4 members (excludes halogenated alkanes) is 18. The zero-order valence-corrected chi connectivity index (χ0v) is 20.5. The van der Waals surface area contributed by atoms with E-state index in [1.165, 1.54) is 135 Å². The van der Waals surface area contributed by atoms with Crippen LogP contribution < -0.4 is 0 Å². The second-order valence-electron chi connectivity index (χ2n) is 8.94. The van der Waals surface area contributed by atoms with E-state index in [0.717, 1.165) is 26.4 Å². The van der Waals surface area contributed by atoms with Crippen LogP contribution in [0.4, 0.5) is 0 Å². The first-order valence-corrected chi connectivity index (χ1v) is 13.6. The summed E-state index contributed by atoms with van der Waals surface area (Å²) in [5.41, 5.74) is 0. The fourth-order valence-corrected chi connectivity index (χ4v) is 3.82. The maximum Gasteiger partial charge on any atom is 0.0466 e. The molecule has 0 radical (unpaired) electrons. The molecule has 0 aromatic rings. The molecule has 0 aromatic carbocycles. The minimum atomic E-state index is 0.979. The zero-order chi connectivity index (χ0) is 21.1. The molecule has 0 saturated heterocycles. The fourth-order valence-electron chi connectivity index (χ4n) is 3.82. The van der Waals surface area contributed by atoms with Gasteiger partial charge in [-0.05, 0) is 25.7 Å². The van der Waals surface area contributed by atoms with Gasteiger partial charge in [-0.1, -0.05) is 123 Å². The van der Waals surface area contributed by atoms with Gasteiger partial charge in [-0.2, -0.15) is 0 Å². The van der Waals surface area contributed by atoms with Crippen LogP contribution in [0.1, 0.15) is 149 Å². The van der Waals surface area contributed by atoms with Gasteiger partial charge < -0.3 is 9.47 Å². The molecule has 0 aliphatic heterocycles. The van der Waals surface area contributed by atoms with E-state index in [0.29, 0.717) is 0 Å². The van der Waals surface area contributed by atoms with Crippen LogP contribution in [0.5, 0.6) is 0 Å². The topological polar surface area (TPSA) is 18.5 Å². The highest BCUT2D eigenvalue weighted by Crippen LogP contribution is 2.13. The Morgan fingerprint density at radius 3 is 0.724 bits per heavy atom. The monoisotopic (exact) mass is 412 g/mol. The third kappa shape index (κ3) is 27.9. The molecule has 0 aliphatic rings. The summed E-state index contributed by atoms with van der Waals surface area (Å²) >= 11 is 0. The van der Waals surface area contributed by atoms with Crippen molar-refractivity contribution >= 4 is 0 Å². The Hall–Kier alpha value is -0.0800. The average molecular weight is 413 g/mol. The zero-order valence-electron chi connectivity index (χ0n) is 20.5. The lowest BCUT2D eigenvalue weighted by molar-refractivity contribution is 0.125. The lowest BCUT2D eigenvalue weighted by atomic mass is 10.0. The Labute approximate surface area is 184 Å². The quantitative estimate of drug-likeness (QED) is 0.132. The largest absolute Gasteiger partial charge is 0.381 e. The van der Waals surface area contributed by atoms with Crippen molar-refractivity contribution in [1.82, 2.24) is 0 Å². The van der Waals surface area contributed by atoms with Crippen LogP contribution in [0.3, 0.4) is 0 Å². The van der Waals surface area contributed by atoms with Gasteiger partial charge in [0.25, 0.3) is 0 Å². The highest BCUT2D eigenvalue weighted by molar-refractivity contribution is 4.50. The number of hydrogen-bond donors (Lipinski definition) is 0. The van der Waals surface area contributed by atoms with E-state index >= 15 is 0 Å². The normalized spacial score (nSPS) is 11.4. The molecule has 0 fully saturated rings. The average Bonchev–Trinajstić information content (AvgIpc) is 2.74. The summed E-state index contributed by atoms with van der Waals surface area (Å²) in [6, 6.07) is 0. The first-order valence-electron chi connectivity index (χ1n) is 13.6. The van der Waals surface area contributed by atoms with E-state index < -0.39 is 0 Å². The van der Waals surface area contributed by atoms with Crippen LogP contribution in [0.15, 0.2) is 0 Å². The standard InChI is InChI=1S/C27H56O2/c1-3-5-7-20-24-28-26-22-18-16-14-12-10-9-11-13-15-17-19-23-27-29-25-21-8-6-4-2/h3-27H2,1-2H3. The van der Waals surface area contributed by atoms with Gasteiger partial charge in [-0.25, -0.2) is 0 Å². The van der Waals surface area contributed by atoms with Crippen molar-refractivity contribution in [1.29, 1.82) is 0 Å². The minimum Gasteiger partial charge on any atom is -0.381 e. The summed E-state index contributed by atoms with van der Waals surface area (Å²) in [6.07, 6.45) is 28.6. The Bertz CT molecular complexity index is 241. The molecule has 0 unspecified atom stereocenters. The van der Waals surface area contributed by atoms with E-state index in [4.69, 9.17) is 9.47 Å². The molecule has 0 spiro atoms. The van der Waals surface area contributed by atoms with Crippen molar-refractivity contribution in [2.75, 3.05) is 26.4 Å². The lowest BCUT2D eigenvalue weighted by Gasteiger charge is -2.05. The third-order valence-corrected chi connectivity index (χ3v) is 5.86. The van der Waals surface area contributed by atoms with Gasteiger partial charge in [0.1, 0.15) is 0 Å². The van der Waals surface area contributed by atoms with Crippen molar-refractivity contribution in [3.63, 3.8) is 0 Å². The molecule has 0 N–H and O–H groups in total. The number of ether oxygens (including phenoxy) is 2. The smallest absolute Gasteiger partial charge is 0.0466 e. The maximum absolute atomic E-state index is 5.71. The molecule has 2 heteroatoms. The predicted octanol–water partition coefficient (Wildman–Crippen LogP) is 9.25. The van der Waals surface area contributed by atoms with Crippen molar-refractivity contribution in [2.45, 2.75) is 149 Å². The summed E-state index contributed by atoms with van der Waals surface area (Å²) < 4.78 is 11.4. The maximum atomic E-state index is 5.71. The van der Waals surface area contributed by atoms with E-state index in [1.54, 1.807) is 0 Å². The Morgan fingerprint density at radius 1 is 0.276 bits per heavy atom. The second kappa shape index (κ2) is 27.9. The summed E-state index contributed by atoms with van der Waals surface area (Å²) in [5, 5.41) is 0. The summed E-state index contributed by atoms with van der Waals surface area (Å²) in [7, 11) is 0. The summed E-state index contributed by atoms with van der Waals surface area (Å²) in [4.78, 5) is 0. The summed E-state index contributed by atoms with van der Waals surface area (Å²) in [5.74, 6) is 0. The molecule has 2 nitrogen and oxygen atoms in total. The molecule has 0 bridgehead atoms. The Kier molecular flexibility index (Phi) is 27.8. The van der Waals surface area contributed by atoms with Gasteiger partial charge in [-0.15, -0.1) is 0 Å². The number of hydrogen-bond acceptors (Lipinski definition) is 2. The highest BCUT2D eigenvalue weighted by atomic mass is 16.5. The first-order chi connectivity index (χ1) is 14.4. The minimum absolute atomic E-state index is 0.979. The van der Waals surface area contributed by atoms with Crippen LogP contribution in [-0.2, 0) is 9.47 Å². The fraction of sp³-hybridized carbons (Fsp3) is 1.00. The number of rotatable bonds is 26. The van der Waals surface area contributed by atoms with Crippen molar-refractivity contribution in [2.24, 2.45) is 0 Å². The summed E-state index contributed by atoms with van der Waals surface area (Å²) in [6.45, 7) is 8.45. The highest BCUT2D eigenvalue weighted by Gasteiger charge is 1.96. The molecule has 0 heterocycles. The molecule has 0 saturated carbocycles. The molecule has 0 atom stereocenters. The van der Waals surface area contributed by atoms with Gasteiger partial charge in [-0.3, -0.25) is 0 Å². The SMILES string of the molecule is CCCCCCOCCCCCCCCCCCCCCCOCCCCCC. The van der Waals surface area contributed by atoms with Crippen molar-refractivity contribution in [3.8, 4) is 0 Å². The van der Waals surface area contributed by atoms with Gasteiger partial charge in [0.15, 0.2) is 0 Å². The van der Waals surface area contributed by atoms with E-state index in [-0.39, 0.29) is 0 Å². The molecular formula is C27H56O2. The molecular weight excluding hydrogens is 356 g/mol. The van der Waals surface area contributed by atoms with Crippen LogP contribution in [0.2, 0.25) is 0 Å². The van der Waals surface area contributed by atoms with Crippen LogP contribution in [-0.4, -0.2) is 26.4 Å².